The van der Waals surface area contributed by atoms with Gasteiger partial charge in [0, 0.05) is 45.6 Å². The van der Waals surface area contributed by atoms with Gasteiger partial charge in [-0.1, -0.05) is 47.5 Å². The number of nitrogens with zero attached hydrogens (tertiary/aromatic N) is 2. The highest BCUT2D eigenvalue weighted by Crippen LogP contribution is 2.40. The van der Waals surface area contributed by atoms with E-state index in [-0.39, 0.29) is 11.9 Å². The molecule has 2 heterocycles. The number of hydrogen-bond donors (Lipinski definition) is 1. The van der Waals surface area contributed by atoms with Crippen LogP contribution in [0.1, 0.15) is 41.1 Å². The molecule has 6 heteroatoms. The fourth-order valence-corrected chi connectivity index (χ4v) is 5.17. The summed E-state index contributed by atoms with van der Waals surface area (Å²) in [5.74, 6) is -0.170. The molecule has 33 heavy (non-hydrogen) atoms. The molecule has 3 nitrogen and oxygen atoms in total. The highest BCUT2D eigenvalue weighted by atomic mass is 35.5. The Balaban J connectivity index is 1.57. The third-order valence-electron chi connectivity index (χ3n) is 6.57. The minimum absolute atomic E-state index is 0.170. The van der Waals surface area contributed by atoms with Crippen molar-refractivity contribution in [1.29, 1.82) is 0 Å². The number of rotatable bonds is 5. The van der Waals surface area contributed by atoms with Crippen LogP contribution in [0.2, 0.25) is 10.0 Å². The monoisotopic (exact) mass is 481 g/mol. The van der Waals surface area contributed by atoms with Crippen molar-refractivity contribution in [3.8, 4) is 0 Å². The molecule has 5 rings (SSSR count). The largest absolute Gasteiger partial charge is 0.398 e. The van der Waals surface area contributed by atoms with Crippen molar-refractivity contribution in [3.05, 3.63) is 105 Å². The molecule has 0 amide bonds. The van der Waals surface area contributed by atoms with E-state index in [1.54, 1.807) is 6.07 Å². The molecule has 3 aromatic carbocycles. The molecule has 0 saturated carbocycles. The first-order valence-electron chi connectivity index (χ1n) is 11.3. The standard InChI is InChI=1S/C27H26Cl2FN3/c28-21-7-5-18(6-8-21)27(33-14-11-25(31)23-10-9-22(29)16-26(23)33)19-3-4-20(24(30)15-19)17-32-12-1-2-13-32/h3-11,15-16,27H,1-2,12-14,17,31H2. The van der Waals surface area contributed by atoms with Gasteiger partial charge in [0.1, 0.15) is 5.82 Å². The zero-order valence-corrected chi connectivity index (χ0v) is 19.8. The maximum Gasteiger partial charge on any atom is 0.128 e. The van der Waals surface area contributed by atoms with Crippen LogP contribution < -0.4 is 10.6 Å². The number of halogens is 3. The number of nitrogens with two attached hydrogens (primary N) is 1. The smallest absolute Gasteiger partial charge is 0.128 e. The fraction of sp³-hybridized carbons (Fsp3) is 0.259. The summed E-state index contributed by atoms with van der Waals surface area (Å²) < 4.78 is 15.3. The van der Waals surface area contributed by atoms with Gasteiger partial charge in [-0.15, -0.1) is 0 Å². The van der Waals surface area contributed by atoms with E-state index < -0.39 is 0 Å². The summed E-state index contributed by atoms with van der Waals surface area (Å²) in [5.41, 5.74) is 11.5. The Morgan fingerprint density at radius 1 is 0.879 bits per heavy atom. The average molecular weight is 482 g/mol. The number of benzene rings is 3. The van der Waals surface area contributed by atoms with Crippen LogP contribution in [0.15, 0.2) is 66.7 Å². The van der Waals surface area contributed by atoms with Crippen molar-refractivity contribution in [2.45, 2.75) is 25.4 Å². The molecule has 1 fully saturated rings. The maximum atomic E-state index is 15.3. The van der Waals surface area contributed by atoms with Crippen LogP contribution in [-0.2, 0) is 6.54 Å². The van der Waals surface area contributed by atoms with Crippen LogP contribution >= 0.6 is 23.2 Å². The normalized spacial score (nSPS) is 17.1. The molecule has 2 aliphatic heterocycles. The van der Waals surface area contributed by atoms with E-state index in [9.17, 15) is 0 Å². The molecule has 170 valence electrons. The van der Waals surface area contributed by atoms with E-state index in [4.69, 9.17) is 28.9 Å². The lowest BCUT2D eigenvalue weighted by Crippen LogP contribution is -2.33. The van der Waals surface area contributed by atoms with Crippen molar-refractivity contribution in [1.82, 2.24) is 4.90 Å². The Hall–Kier alpha value is -2.53. The summed E-state index contributed by atoms with van der Waals surface area (Å²) >= 11 is 12.5. The fourth-order valence-electron chi connectivity index (χ4n) is 4.88. The molecule has 0 aliphatic carbocycles. The number of hydrogen-bond acceptors (Lipinski definition) is 3. The zero-order chi connectivity index (χ0) is 22.9. The van der Waals surface area contributed by atoms with E-state index in [0.717, 1.165) is 46.7 Å². The third-order valence-corrected chi connectivity index (χ3v) is 7.06. The first-order chi connectivity index (χ1) is 16.0. The summed E-state index contributed by atoms with van der Waals surface area (Å²) in [6, 6.07) is 18.9. The molecule has 0 spiro atoms. The van der Waals surface area contributed by atoms with Crippen molar-refractivity contribution in [2.24, 2.45) is 5.73 Å². The second-order valence-electron chi connectivity index (χ2n) is 8.76. The molecule has 1 saturated heterocycles. The van der Waals surface area contributed by atoms with Gasteiger partial charge in [-0.05, 0) is 79.5 Å². The van der Waals surface area contributed by atoms with E-state index in [1.165, 1.54) is 12.8 Å². The molecule has 1 atom stereocenters. The van der Waals surface area contributed by atoms with Crippen LogP contribution in [0, 0.1) is 5.82 Å². The summed E-state index contributed by atoms with van der Waals surface area (Å²) in [7, 11) is 0. The minimum atomic E-state index is -0.223. The zero-order valence-electron chi connectivity index (χ0n) is 18.3. The Morgan fingerprint density at radius 2 is 1.58 bits per heavy atom. The summed E-state index contributed by atoms with van der Waals surface area (Å²) in [6.45, 7) is 3.31. The first kappa shape index (κ1) is 22.3. The van der Waals surface area contributed by atoms with Crippen molar-refractivity contribution >= 4 is 34.6 Å². The van der Waals surface area contributed by atoms with Crippen LogP contribution in [-0.4, -0.2) is 24.5 Å². The minimum Gasteiger partial charge on any atom is -0.398 e. The second-order valence-corrected chi connectivity index (χ2v) is 9.63. The first-order valence-corrected chi connectivity index (χ1v) is 12.0. The van der Waals surface area contributed by atoms with Gasteiger partial charge in [0.2, 0.25) is 0 Å². The lowest BCUT2D eigenvalue weighted by Gasteiger charge is -2.37. The van der Waals surface area contributed by atoms with E-state index in [1.807, 2.05) is 60.7 Å². The SMILES string of the molecule is NC1=CCN(C(c2ccc(Cl)cc2)c2ccc(CN3CCCC3)c(F)c2)c2cc(Cl)ccc21. The predicted molar refractivity (Wildman–Crippen MR) is 135 cm³/mol. The second kappa shape index (κ2) is 9.38. The van der Waals surface area contributed by atoms with Crippen LogP contribution in [0.5, 0.6) is 0 Å². The van der Waals surface area contributed by atoms with E-state index >= 15 is 4.39 Å². The quantitative estimate of drug-likeness (QED) is 0.443. The van der Waals surface area contributed by atoms with Crippen LogP contribution in [0.25, 0.3) is 5.70 Å². The van der Waals surface area contributed by atoms with Gasteiger partial charge in [0.25, 0.3) is 0 Å². The van der Waals surface area contributed by atoms with Crippen molar-refractivity contribution < 1.29 is 4.39 Å². The summed E-state index contributed by atoms with van der Waals surface area (Å²) in [4.78, 5) is 4.53. The van der Waals surface area contributed by atoms with Gasteiger partial charge < -0.3 is 10.6 Å². The maximum absolute atomic E-state index is 15.3. The number of anilines is 1. The molecule has 2 N–H and O–H groups in total. The Bertz CT molecular complexity index is 1190. The summed E-state index contributed by atoms with van der Waals surface area (Å²) in [5, 5.41) is 1.30. The summed E-state index contributed by atoms with van der Waals surface area (Å²) in [6.07, 6.45) is 4.37. The van der Waals surface area contributed by atoms with E-state index in [2.05, 4.69) is 9.80 Å². The molecule has 0 aromatic heterocycles. The van der Waals surface area contributed by atoms with Gasteiger partial charge >= 0.3 is 0 Å². The third kappa shape index (κ3) is 4.61. The topological polar surface area (TPSA) is 32.5 Å². The molecular weight excluding hydrogens is 456 g/mol. The predicted octanol–water partition coefficient (Wildman–Crippen LogP) is 6.64. The van der Waals surface area contributed by atoms with Crippen molar-refractivity contribution in [3.63, 3.8) is 0 Å². The highest BCUT2D eigenvalue weighted by molar-refractivity contribution is 6.31. The highest BCUT2D eigenvalue weighted by Gasteiger charge is 2.28. The van der Waals surface area contributed by atoms with Gasteiger partial charge in [0.15, 0.2) is 0 Å². The number of likely N-dealkylation sites (tertiary alicyclic amines) is 1. The van der Waals surface area contributed by atoms with Crippen molar-refractivity contribution in [2.75, 3.05) is 24.5 Å². The van der Waals surface area contributed by atoms with E-state index in [0.29, 0.717) is 23.1 Å². The Kier molecular flexibility index (Phi) is 6.33. The van der Waals surface area contributed by atoms with Gasteiger partial charge in [-0.25, -0.2) is 4.39 Å². The molecule has 1 unspecified atom stereocenters. The van der Waals surface area contributed by atoms with Crippen LogP contribution in [0.3, 0.4) is 0 Å². The van der Waals surface area contributed by atoms with Gasteiger partial charge in [0.05, 0.1) is 6.04 Å². The van der Waals surface area contributed by atoms with Crippen LogP contribution in [0.4, 0.5) is 10.1 Å². The molecule has 0 radical (unpaired) electrons. The average Bonchev–Trinajstić information content (AvgIpc) is 3.32. The van der Waals surface area contributed by atoms with Gasteiger partial charge in [-0.3, -0.25) is 4.90 Å². The van der Waals surface area contributed by atoms with Gasteiger partial charge in [-0.2, -0.15) is 0 Å². The molecule has 2 aliphatic rings. The number of fused-ring (bicyclic) bond motifs is 1. The Labute approximate surface area is 204 Å². The molecular formula is C27H26Cl2FN3. The molecule has 3 aromatic rings. The molecule has 0 bridgehead atoms. The lowest BCUT2D eigenvalue weighted by molar-refractivity contribution is 0.325. The lowest BCUT2D eigenvalue weighted by atomic mass is 9.93. The Morgan fingerprint density at radius 3 is 2.30 bits per heavy atom.